The van der Waals surface area contributed by atoms with Gasteiger partial charge in [-0.2, -0.15) is 0 Å². The van der Waals surface area contributed by atoms with E-state index in [0.717, 1.165) is 12.0 Å². The molecule has 0 atom stereocenters. The van der Waals surface area contributed by atoms with E-state index in [0.29, 0.717) is 5.06 Å². The van der Waals surface area contributed by atoms with Crippen molar-refractivity contribution in [2.24, 2.45) is 0 Å². The van der Waals surface area contributed by atoms with Crippen LogP contribution in [-0.2, 0) is 6.42 Å². The lowest BCUT2D eigenvalue weighted by molar-refractivity contribution is 0.485. The van der Waals surface area contributed by atoms with Gasteiger partial charge in [-0.05, 0) is 24.8 Å². The predicted molar refractivity (Wildman–Crippen MR) is 64.6 cm³/mol. The van der Waals surface area contributed by atoms with Crippen LogP contribution in [0.25, 0.3) is 10.1 Å². The second kappa shape index (κ2) is 3.83. The molecule has 0 bridgehead atoms. The maximum Gasteiger partial charge on any atom is 0.175 e. The zero-order chi connectivity index (χ0) is 10.1. The highest BCUT2D eigenvalue weighted by atomic mass is 32.2. The third-order valence-electron chi connectivity index (χ3n) is 2.33. The number of thiophene rings is 1. The van der Waals surface area contributed by atoms with Gasteiger partial charge in [0.15, 0.2) is 5.06 Å². The van der Waals surface area contributed by atoms with Crippen molar-refractivity contribution in [2.75, 3.05) is 6.26 Å². The average molecular weight is 224 g/mol. The molecule has 14 heavy (non-hydrogen) atoms. The number of thioether (sulfide) groups is 1. The minimum absolute atomic E-state index is 0.476. The number of aryl methyl sites for hydroxylation is 1. The molecule has 0 radical (unpaired) electrons. The molecule has 0 aliphatic heterocycles. The van der Waals surface area contributed by atoms with E-state index in [1.54, 1.807) is 11.8 Å². The van der Waals surface area contributed by atoms with Crippen LogP contribution in [0.5, 0.6) is 5.06 Å². The van der Waals surface area contributed by atoms with Gasteiger partial charge >= 0.3 is 0 Å². The fourth-order valence-corrected chi connectivity index (χ4v) is 3.44. The zero-order valence-corrected chi connectivity index (χ0v) is 9.84. The van der Waals surface area contributed by atoms with Crippen LogP contribution in [0.4, 0.5) is 0 Å². The van der Waals surface area contributed by atoms with Gasteiger partial charge in [-0.3, -0.25) is 0 Å². The minimum Gasteiger partial charge on any atom is -0.499 e. The summed E-state index contributed by atoms with van der Waals surface area (Å²) in [5.74, 6) is 0. The molecule has 0 aliphatic rings. The van der Waals surface area contributed by atoms with Crippen LogP contribution in [0.3, 0.4) is 0 Å². The number of benzene rings is 1. The molecule has 0 spiro atoms. The van der Waals surface area contributed by atoms with Gasteiger partial charge in [0.25, 0.3) is 0 Å². The van der Waals surface area contributed by atoms with E-state index in [1.165, 1.54) is 26.3 Å². The van der Waals surface area contributed by atoms with Crippen molar-refractivity contribution in [1.82, 2.24) is 0 Å². The monoisotopic (exact) mass is 224 g/mol. The van der Waals surface area contributed by atoms with Crippen molar-refractivity contribution >= 4 is 33.2 Å². The molecule has 1 nitrogen and oxygen atoms in total. The largest absolute Gasteiger partial charge is 0.499 e. The fourth-order valence-electron chi connectivity index (χ4n) is 1.66. The summed E-state index contributed by atoms with van der Waals surface area (Å²) in [7, 11) is 0. The summed E-state index contributed by atoms with van der Waals surface area (Å²) < 4.78 is 1.19. The summed E-state index contributed by atoms with van der Waals surface area (Å²) in [5, 5.41) is 11.5. The van der Waals surface area contributed by atoms with E-state index < -0.39 is 0 Å². The van der Waals surface area contributed by atoms with Crippen molar-refractivity contribution in [1.29, 1.82) is 0 Å². The Kier molecular flexibility index (Phi) is 2.70. The number of fused-ring (bicyclic) bond motifs is 1. The lowest BCUT2D eigenvalue weighted by atomic mass is 10.1. The predicted octanol–water partition coefficient (Wildman–Crippen LogP) is 3.89. The van der Waals surface area contributed by atoms with Gasteiger partial charge in [0.1, 0.15) is 0 Å². The summed E-state index contributed by atoms with van der Waals surface area (Å²) in [4.78, 5) is 1.26. The van der Waals surface area contributed by atoms with Crippen LogP contribution < -0.4 is 0 Å². The first kappa shape index (κ1) is 9.87. The molecule has 0 saturated carbocycles. The lowest BCUT2D eigenvalue weighted by Gasteiger charge is -2.01. The summed E-state index contributed by atoms with van der Waals surface area (Å²) in [6, 6.07) is 6.22. The van der Waals surface area contributed by atoms with Gasteiger partial charge in [0.2, 0.25) is 0 Å². The van der Waals surface area contributed by atoms with Crippen LogP contribution in [0.15, 0.2) is 23.1 Å². The van der Waals surface area contributed by atoms with E-state index in [9.17, 15) is 5.11 Å². The molecule has 1 aromatic carbocycles. The maximum atomic E-state index is 9.76. The fraction of sp³-hybridized carbons (Fsp3) is 0.273. The second-order valence-corrected chi connectivity index (χ2v) is 4.95. The molecule has 1 N–H and O–H groups in total. The van der Waals surface area contributed by atoms with E-state index >= 15 is 0 Å². The Morgan fingerprint density at radius 2 is 2.21 bits per heavy atom. The quantitative estimate of drug-likeness (QED) is 0.781. The Labute approximate surface area is 91.8 Å². The molecule has 0 saturated heterocycles. The molecule has 1 aromatic heterocycles. The standard InChI is InChI=1S/C11H12OS2/c1-3-7-10-8(13-2)5-4-6-9(10)14-11(7)12/h4-6,12H,3H2,1-2H3. The average Bonchev–Trinajstić information content (AvgIpc) is 2.52. The molecule has 2 aromatic rings. The van der Waals surface area contributed by atoms with E-state index in [4.69, 9.17) is 0 Å². The van der Waals surface area contributed by atoms with E-state index in [1.807, 2.05) is 6.07 Å². The third-order valence-corrected chi connectivity index (χ3v) is 4.11. The molecule has 0 unspecified atom stereocenters. The summed E-state index contributed by atoms with van der Waals surface area (Å²) >= 11 is 3.21. The van der Waals surface area contributed by atoms with Crippen LogP contribution in [0.1, 0.15) is 12.5 Å². The highest BCUT2D eigenvalue weighted by Gasteiger charge is 2.12. The number of rotatable bonds is 2. The molecular formula is C11H12OS2. The van der Waals surface area contributed by atoms with Gasteiger partial charge in [0.05, 0.1) is 0 Å². The Hall–Kier alpha value is -0.670. The summed E-state index contributed by atoms with van der Waals surface area (Å²) in [6.45, 7) is 2.08. The molecule has 1 heterocycles. The molecule has 0 fully saturated rings. The first-order chi connectivity index (χ1) is 6.77. The molecule has 0 amide bonds. The van der Waals surface area contributed by atoms with Crippen molar-refractivity contribution in [3.63, 3.8) is 0 Å². The van der Waals surface area contributed by atoms with Crippen molar-refractivity contribution in [3.05, 3.63) is 23.8 Å². The van der Waals surface area contributed by atoms with E-state index in [2.05, 4.69) is 25.3 Å². The Bertz CT molecular complexity index is 460. The number of hydrogen-bond donors (Lipinski definition) is 1. The summed E-state index contributed by atoms with van der Waals surface area (Å²) in [5.41, 5.74) is 1.09. The lowest BCUT2D eigenvalue weighted by Crippen LogP contribution is -1.79. The van der Waals surface area contributed by atoms with Crippen LogP contribution in [0, 0.1) is 0 Å². The maximum absolute atomic E-state index is 9.76. The van der Waals surface area contributed by atoms with Gasteiger partial charge in [0, 0.05) is 20.5 Å². The number of aromatic hydroxyl groups is 1. The van der Waals surface area contributed by atoms with Gasteiger partial charge in [-0.15, -0.1) is 11.8 Å². The highest BCUT2D eigenvalue weighted by Crippen LogP contribution is 2.41. The topological polar surface area (TPSA) is 20.2 Å². The highest BCUT2D eigenvalue weighted by molar-refractivity contribution is 7.98. The Balaban J connectivity index is 2.82. The van der Waals surface area contributed by atoms with Crippen LogP contribution in [0.2, 0.25) is 0 Å². The molecule has 74 valence electrons. The summed E-state index contributed by atoms with van der Waals surface area (Å²) in [6.07, 6.45) is 2.96. The van der Waals surface area contributed by atoms with Crippen molar-refractivity contribution < 1.29 is 5.11 Å². The van der Waals surface area contributed by atoms with E-state index in [-0.39, 0.29) is 0 Å². The van der Waals surface area contributed by atoms with Crippen molar-refractivity contribution in [2.45, 2.75) is 18.2 Å². The Morgan fingerprint density at radius 1 is 1.43 bits per heavy atom. The third kappa shape index (κ3) is 1.41. The molecule has 2 rings (SSSR count). The van der Waals surface area contributed by atoms with Crippen LogP contribution >= 0.6 is 23.1 Å². The zero-order valence-electron chi connectivity index (χ0n) is 8.20. The van der Waals surface area contributed by atoms with Gasteiger partial charge < -0.3 is 5.11 Å². The molecule has 3 heteroatoms. The second-order valence-electron chi connectivity index (χ2n) is 3.07. The Morgan fingerprint density at radius 3 is 2.86 bits per heavy atom. The minimum atomic E-state index is 0.476. The first-order valence-electron chi connectivity index (χ1n) is 4.55. The van der Waals surface area contributed by atoms with Gasteiger partial charge in [-0.1, -0.05) is 24.3 Å². The SMILES string of the molecule is CCc1c(O)sc2cccc(SC)c12. The van der Waals surface area contributed by atoms with Crippen molar-refractivity contribution in [3.8, 4) is 5.06 Å². The number of hydrogen-bond acceptors (Lipinski definition) is 3. The normalized spacial score (nSPS) is 11.0. The van der Waals surface area contributed by atoms with Crippen LogP contribution in [-0.4, -0.2) is 11.4 Å². The molecule has 0 aliphatic carbocycles. The first-order valence-corrected chi connectivity index (χ1v) is 6.59. The smallest absolute Gasteiger partial charge is 0.175 e. The van der Waals surface area contributed by atoms with Gasteiger partial charge in [-0.25, -0.2) is 0 Å². The molecular weight excluding hydrogens is 212 g/mol.